The maximum atomic E-state index is 12.6. The Kier molecular flexibility index (Phi) is 4.72. The second kappa shape index (κ2) is 7.16. The second-order valence-electron chi connectivity index (χ2n) is 7.44. The Morgan fingerprint density at radius 3 is 2.88 bits per heavy atom. The number of hydrogen-bond donors (Lipinski definition) is 2. The Morgan fingerprint density at radius 1 is 1.38 bits per heavy atom. The Labute approximate surface area is 154 Å². The van der Waals surface area contributed by atoms with Gasteiger partial charge in [-0.1, -0.05) is 24.3 Å². The predicted octanol–water partition coefficient (Wildman–Crippen LogP) is 3.70. The molecule has 0 unspecified atom stereocenters. The number of benzene rings is 1. The highest BCUT2D eigenvalue weighted by Gasteiger charge is 2.33. The predicted molar refractivity (Wildman–Crippen MR) is 104 cm³/mol. The van der Waals surface area contributed by atoms with Gasteiger partial charge in [0.25, 0.3) is 0 Å². The normalized spacial score (nSPS) is 18.7. The molecule has 0 radical (unpaired) electrons. The van der Waals surface area contributed by atoms with Gasteiger partial charge in [0, 0.05) is 42.4 Å². The Hall–Kier alpha value is -2.27. The van der Waals surface area contributed by atoms with Gasteiger partial charge in [0.1, 0.15) is 0 Å². The molecule has 2 heterocycles. The second-order valence-corrected chi connectivity index (χ2v) is 7.44. The van der Waals surface area contributed by atoms with E-state index < -0.39 is 0 Å². The number of aryl methyl sites for hydroxylation is 1. The molecule has 0 spiro atoms. The van der Waals surface area contributed by atoms with Gasteiger partial charge in [-0.05, 0) is 43.7 Å². The molecular weight excluding hydrogens is 326 g/mol. The molecule has 2 amide bonds. The van der Waals surface area contributed by atoms with Gasteiger partial charge in [0.15, 0.2) is 0 Å². The molecule has 0 bridgehead atoms. The van der Waals surface area contributed by atoms with Crippen molar-refractivity contribution in [2.24, 2.45) is 5.92 Å². The van der Waals surface area contributed by atoms with Gasteiger partial charge in [-0.3, -0.25) is 0 Å². The van der Waals surface area contributed by atoms with Crippen LogP contribution in [0.5, 0.6) is 0 Å². The molecule has 1 aliphatic carbocycles. The summed E-state index contributed by atoms with van der Waals surface area (Å²) in [6.07, 6.45) is 5.47. The highest BCUT2D eigenvalue weighted by molar-refractivity contribution is 5.94. The lowest BCUT2D eigenvalue weighted by Gasteiger charge is -2.29. The molecule has 2 aromatic rings. The third kappa shape index (κ3) is 3.36. The van der Waals surface area contributed by atoms with Crippen molar-refractivity contribution < 1.29 is 9.53 Å². The van der Waals surface area contributed by atoms with Crippen LogP contribution in [-0.2, 0) is 4.74 Å². The van der Waals surface area contributed by atoms with E-state index >= 15 is 0 Å². The molecule has 4 rings (SSSR count). The molecule has 5 nitrogen and oxygen atoms in total. The number of methoxy groups -OCH3 is 1. The van der Waals surface area contributed by atoms with Crippen molar-refractivity contribution in [2.75, 3.05) is 26.8 Å². The van der Waals surface area contributed by atoms with E-state index in [2.05, 4.69) is 47.6 Å². The number of hydrogen-bond acceptors (Lipinski definition) is 2. The summed E-state index contributed by atoms with van der Waals surface area (Å²) < 4.78 is 5.26. The molecule has 1 atom stereocenters. The van der Waals surface area contributed by atoms with Crippen molar-refractivity contribution in [3.8, 4) is 0 Å². The van der Waals surface area contributed by atoms with Gasteiger partial charge < -0.3 is 19.9 Å². The van der Waals surface area contributed by atoms with E-state index in [0.29, 0.717) is 19.1 Å². The van der Waals surface area contributed by atoms with E-state index in [-0.39, 0.29) is 12.1 Å². The highest BCUT2D eigenvalue weighted by Crippen LogP contribution is 2.34. The molecule has 138 valence electrons. The smallest absolute Gasteiger partial charge is 0.317 e. The number of nitrogens with zero attached hydrogens (tertiary/aromatic N) is 1. The fourth-order valence-corrected chi connectivity index (χ4v) is 3.99. The number of rotatable bonds is 5. The summed E-state index contributed by atoms with van der Waals surface area (Å²) in [5, 5.41) is 4.43. The number of para-hydroxylation sites is 1. The molecule has 0 saturated heterocycles. The lowest BCUT2D eigenvalue weighted by Crippen LogP contribution is -2.48. The topological polar surface area (TPSA) is 57.4 Å². The number of carbonyl (C=O) groups excluding carboxylic acids is 1. The standard InChI is InChI=1S/C21H27N3O2/c1-14-20(17-5-3-4-6-18(17)22-14)16-9-11-24(12-10-16)21(25)23-19(13-26-2)15-7-8-15/h3-6,9,15,19,22H,7-8,10-13H2,1-2H3,(H,23,25)/t19-/m0/s1. The molecule has 1 saturated carbocycles. The van der Waals surface area contributed by atoms with E-state index in [0.717, 1.165) is 13.0 Å². The van der Waals surface area contributed by atoms with Crippen molar-refractivity contribution in [3.63, 3.8) is 0 Å². The lowest BCUT2D eigenvalue weighted by molar-refractivity contribution is 0.148. The molecule has 1 aliphatic heterocycles. The average molecular weight is 353 g/mol. The molecule has 1 aromatic carbocycles. The van der Waals surface area contributed by atoms with Crippen LogP contribution < -0.4 is 5.32 Å². The zero-order valence-electron chi connectivity index (χ0n) is 15.5. The van der Waals surface area contributed by atoms with E-state index in [9.17, 15) is 4.79 Å². The summed E-state index contributed by atoms with van der Waals surface area (Å²) in [6.45, 7) is 4.13. The minimum absolute atomic E-state index is 0.0323. The zero-order chi connectivity index (χ0) is 18.1. The Bertz CT molecular complexity index is 835. The lowest BCUT2D eigenvalue weighted by atomic mass is 9.97. The van der Waals surface area contributed by atoms with Crippen LogP contribution in [0.4, 0.5) is 4.79 Å². The molecule has 2 N–H and O–H groups in total. The number of aromatic amines is 1. The largest absolute Gasteiger partial charge is 0.383 e. The number of nitrogens with one attached hydrogen (secondary N) is 2. The Balaban J connectivity index is 1.46. The first kappa shape index (κ1) is 17.2. The number of urea groups is 1. The number of ether oxygens (including phenoxy) is 1. The van der Waals surface area contributed by atoms with E-state index in [1.165, 1.54) is 40.6 Å². The first-order valence-corrected chi connectivity index (χ1v) is 9.48. The van der Waals surface area contributed by atoms with Gasteiger partial charge in [-0.15, -0.1) is 0 Å². The van der Waals surface area contributed by atoms with E-state index in [4.69, 9.17) is 4.74 Å². The van der Waals surface area contributed by atoms with E-state index in [1.54, 1.807) is 7.11 Å². The summed E-state index contributed by atoms with van der Waals surface area (Å²) in [6, 6.07) is 8.59. The van der Waals surface area contributed by atoms with Crippen LogP contribution >= 0.6 is 0 Å². The number of fused-ring (bicyclic) bond motifs is 1. The summed E-state index contributed by atoms with van der Waals surface area (Å²) in [4.78, 5) is 18.0. The van der Waals surface area contributed by atoms with Gasteiger partial charge in [-0.2, -0.15) is 0 Å². The Morgan fingerprint density at radius 2 is 2.19 bits per heavy atom. The minimum Gasteiger partial charge on any atom is -0.383 e. The van der Waals surface area contributed by atoms with Crippen LogP contribution in [0.2, 0.25) is 0 Å². The van der Waals surface area contributed by atoms with Crippen molar-refractivity contribution in [1.82, 2.24) is 15.2 Å². The van der Waals surface area contributed by atoms with Crippen molar-refractivity contribution in [3.05, 3.63) is 41.6 Å². The molecule has 5 heteroatoms. The highest BCUT2D eigenvalue weighted by atomic mass is 16.5. The average Bonchev–Trinajstić information content (AvgIpc) is 3.43. The molecule has 1 aromatic heterocycles. The van der Waals surface area contributed by atoms with Crippen LogP contribution in [0, 0.1) is 12.8 Å². The van der Waals surface area contributed by atoms with Gasteiger partial charge in [-0.25, -0.2) is 4.79 Å². The van der Waals surface area contributed by atoms with Crippen LogP contribution in [0.1, 0.15) is 30.5 Å². The molecule has 1 fully saturated rings. The van der Waals surface area contributed by atoms with Gasteiger partial charge in [0.05, 0.1) is 12.6 Å². The van der Waals surface area contributed by atoms with Crippen LogP contribution in [0.3, 0.4) is 0 Å². The maximum Gasteiger partial charge on any atom is 0.317 e. The fourth-order valence-electron chi connectivity index (χ4n) is 3.99. The first-order chi connectivity index (χ1) is 12.7. The number of carbonyl (C=O) groups is 1. The van der Waals surface area contributed by atoms with Crippen LogP contribution in [0.25, 0.3) is 16.5 Å². The zero-order valence-corrected chi connectivity index (χ0v) is 15.5. The summed E-state index contributed by atoms with van der Waals surface area (Å²) in [7, 11) is 1.70. The monoisotopic (exact) mass is 353 g/mol. The van der Waals surface area contributed by atoms with Crippen molar-refractivity contribution in [2.45, 2.75) is 32.2 Å². The first-order valence-electron chi connectivity index (χ1n) is 9.48. The number of amides is 2. The van der Waals surface area contributed by atoms with Crippen LogP contribution in [0.15, 0.2) is 30.3 Å². The summed E-state index contributed by atoms with van der Waals surface area (Å²) in [5.41, 5.74) is 5.01. The number of H-pyrrole nitrogens is 1. The third-order valence-corrected chi connectivity index (χ3v) is 5.56. The minimum atomic E-state index is 0.0323. The quantitative estimate of drug-likeness (QED) is 0.861. The molecular formula is C21H27N3O2. The fraction of sp³-hybridized carbons (Fsp3) is 0.476. The number of aromatic nitrogens is 1. The maximum absolute atomic E-state index is 12.6. The molecule has 26 heavy (non-hydrogen) atoms. The van der Waals surface area contributed by atoms with Gasteiger partial charge >= 0.3 is 6.03 Å². The summed E-state index contributed by atoms with van der Waals surface area (Å²) >= 11 is 0. The van der Waals surface area contributed by atoms with Crippen LogP contribution in [-0.4, -0.2) is 48.8 Å². The third-order valence-electron chi connectivity index (χ3n) is 5.56. The van der Waals surface area contributed by atoms with Gasteiger partial charge in [0.2, 0.25) is 0 Å². The van der Waals surface area contributed by atoms with E-state index in [1.807, 2.05) is 4.90 Å². The van der Waals surface area contributed by atoms with Crippen molar-refractivity contribution >= 4 is 22.5 Å². The SMILES string of the molecule is COC[C@H](NC(=O)N1CC=C(c2c(C)[nH]c3ccccc23)CC1)C1CC1. The molecule has 2 aliphatic rings. The van der Waals surface area contributed by atoms with Crippen molar-refractivity contribution in [1.29, 1.82) is 0 Å². The summed E-state index contributed by atoms with van der Waals surface area (Å²) in [5.74, 6) is 0.587.